The largest absolute Gasteiger partial charge is 0.346 e. The third kappa shape index (κ3) is 2.86. The number of nitro benzene ring substituents is 1. The molecule has 0 unspecified atom stereocenters. The Morgan fingerprint density at radius 3 is 2.77 bits per heavy atom. The van der Waals surface area contributed by atoms with E-state index in [1.807, 2.05) is 28.8 Å². The normalized spacial score (nSPS) is 22.5. The maximum Gasteiger partial charge on any atom is 0.316 e. The van der Waals surface area contributed by atoms with Crippen LogP contribution in [0.15, 0.2) is 48.5 Å². The molecule has 2 aliphatic heterocycles. The molecule has 2 aliphatic rings. The molecule has 1 N–H and O–H groups in total. The number of hydrogen-bond donors (Lipinski definition) is 1. The van der Waals surface area contributed by atoms with Crippen molar-refractivity contribution in [3.05, 3.63) is 69.2 Å². The van der Waals surface area contributed by atoms with Gasteiger partial charge >= 0.3 is 5.17 Å². The van der Waals surface area contributed by atoms with Crippen molar-refractivity contribution in [2.45, 2.75) is 12.1 Å². The van der Waals surface area contributed by atoms with Crippen LogP contribution in [0.25, 0.3) is 0 Å². The molecule has 1 atom stereocenters. The van der Waals surface area contributed by atoms with Crippen molar-refractivity contribution >= 4 is 39.9 Å². The molecular weight excluding hydrogens is 374 g/mol. The number of aliphatic hydroxyl groups is 1. The second-order valence-electron chi connectivity index (χ2n) is 6.32. The van der Waals surface area contributed by atoms with E-state index in [0.717, 1.165) is 23.0 Å². The summed E-state index contributed by atoms with van der Waals surface area (Å²) in [6, 6.07) is 13.7. The Hall–Kier alpha value is -2.09. The van der Waals surface area contributed by atoms with Crippen LogP contribution in [0.4, 0.5) is 11.4 Å². The average Bonchev–Trinajstić information content (AvgIpc) is 2.97. The Kier molecular flexibility index (Phi) is 4.38. The molecule has 134 valence electrons. The second-order valence-corrected chi connectivity index (χ2v) is 7.82. The second kappa shape index (κ2) is 6.57. The summed E-state index contributed by atoms with van der Waals surface area (Å²) in [6.07, 6.45) is 0.944. The van der Waals surface area contributed by atoms with Crippen molar-refractivity contribution in [2.24, 2.45) is 0 Å². The molecule has 4 rings (SSSR count). The minimum Gasteiger partial charge on any atom is -0.346 e. The molecule has 0 spiro atoms. The van der Waals surface area contributed by atoms with E-state index in [2.05, 4.69) is 4.90 Å². The van der Waals surface area contributed by atoms with E-state index in [4.69, 9.17) is 11.6 Å². The summed E-state index contributed by atoms with van der Waals surface area (Å²) < 4.78 is 1.95. The van der Waals surface area contributed by atoms with Gasteiger partial charge in [0.15, 0.2) is 6.54 Å². The summed E-state index contributed by atoms with van der Waals surface area (Å²) >= 11 is 7.69. The standard InChI is InChI=1S/C18H17ClN3O3S/c19-14-5-7-15(8-6-14)20-12-18(23,21-9-2-10-26-17(20)21)13-3-1-4-16(11-13)22(24)25/h1,3-8,11,23H,2,9-10,12H2/q+1/t18-/m1/s1. The minimum absolute atomic E-state index is 0.0212. The minimum atomic E-state index is -1.31. The molecular formula is C18H17ClN3O3S+. The number of β-amino-alcohol motifs (C(OH)–C–C–N with tert-alkyl or cyclic N) is 1. The maximum atomic E-state index is 11.6. The van der Waals surface area contributed by atoms with Gasteiger partial charge in [-0.3, -0.25) is 10.1 Å². The first kappa shape index (κ1) is 17.3. The average molecular weight is 391 g/mol. The van der Waals surface area contributed by atoms with Crippen LogP contribution in [-0.4, -0.2) is 38.6 Å². The van der Waals surface area contributed by atoms with Gasteiger partial charge in [0.25, 0.3) is 11.4 Å². The lowest BCUT2D eigenvalue weighted by molar-refractivity contribution is -0.656. The molecule has 0 radical (unpaired) electrons. The van der Waals surface area contributed by atoms with E-state index < -0.39 is 10.6 Å². The van der Waals surface area contributed by atoms with E-state index in [-0.39, 0.29) is 5.69 Å². The van der Waals surface area contributed by atoms with Crippen LogP contribution >= 0.6 is 23.4 Å². The van der Waals surface area contributed by atoms with Gasteiger partial charge in [-0.1, -0.05) is 23.7 Å². The van der Waals surface area contributed by atoms with Crippen molar-refractivity contribution in [3.8, 4) is 0 Å². The van der Waals surface area contributed by atoms with Crippen molar-refractivity contribution < 1.29 is 14.6 Å². The lowest BCUT2D eigenvalue weighted by Crippen LogP contribution is -2.41. The molecule has 0 saturated carbocycles. The van der Waals surface area contributed by atoms with Crippen LogP contribution in [0.2, 0.25) is 5.02 Å². The highest BCUT2D eigenvalue weighted by molar-refractivity contribution is 8.13. The summed E-state index contributed by atoms with van der Waals surface area (Å²) in [4.78, 5) is 12.8. The fourth-order valence-electron chi connectivity index (χ4n) is 3.44. The maximum absolute atomic E-state index is 11.6. The Morgan fingerprint density at radius 1 is 1.27 bits per heavy atom. The smallest absolute Gasteiger partial charge is 0.316 e. The van der Waals surface area contributed by atoms with E-state index in [9.17, 15) is 15.2 Å². The highest BCUT2D eigenvalue weighted by Crippen LogP contribution is 2.38. The summed E-state index contributed by atoms with van der Waals surface area (Å²) in [5.74, 6) is 0.973. The quantitative estimate of drug-likeness (QED) is 0.494. The molecule has 0 fully saturated rings. The van der Waals surface area contributed by atoms with Crippen LogP contribution in [0.3, 0.4) is 0 Å². The highest BCUT2D eigenvalue weighted by atomic mass is 35.5. The van der Waals surface area contributed by atoms with Gasteiger partial charge in [-0.05, 0) is 42.4 Å². The molecule has 0 aliphatic carbocycles. The number of halogens is 1. The van der Waals surface area contributed by atoms with Crippen LogP contribution in [0, 0.1) is 10.1 Å². The molecule has 8 heteroatoms. The highest BCUT2D eigenvalue weighted by Gasteiger charge is 2.53. The molecule has 2 aromatic rings. The molecule has 2 aromatic carbocycles. The van der Waals surface area contributed by atoms with Crippen molar-refractivity contribution in [1.29, 1.82) is 0 Å². The number of rotatable bonds is 3. The Labute approximate surface area is 159 Å². The van der Waals surface area contributed by atoms with Gasteiger partial charge in [0.05, 0.1) is 11.5 Å². The van der Waals surface area contributed by atoms with E-state index >= 15 is 0 Å². The van der Waals surface area contributed by atoms with E-state index in [0.29, 0.717) is 23.7 Å². The topological polar surface area (TPSA) is 69.6 Å². The number of benzene rings is 2. The predicted molar refractivity (Wildman–Crippen MR) is 103 cm³/mol. The number of nitrogens with zero attached hydrogens (tertiary/aromatic N) is 3. The predicted octanol–water partition coefficient (Wildman–Crippen LogP) is 3.42. The number of non-ortho nitro benzene ring substituents is 1. The van der Waals surface area contributed by atoms with Gasteiger partial charge in [-0.25, -0.2) is 9.48 Å². The molecule has 6 nitrogen and oxygen atoms in total. The van der Waals surface area contributed by atoms with Gasteiger partial charge in [-0.15, -0.1) is 0 Å². The Balaban J connectivity index is 1.80. The van der Waals surface area contributed by atoms with Crippen LogP contribution in [0.1, 0.15) is 12.0 Å². The summed E-state index contributed by atoms with van der Waals surface area (Å²) in [7, 11) is 0. The Bertz CT molecular complexity index is 903. The zero-order valence-electron chi connectivity index (χ0n) is 13.8. The summed E-state index contributed by atoms with van der Waals surface area (Å²) in [6.45, 7) is 1.00. The third-order valence-electron chi connectivity index (χ3n) is 4.70. The van der Waals surface area contributed by atoms with Gasteiger partial charge in [0.2, 0.25) is 0 Å². The van der Waals surface area contributed by atoms with Crippen molar-refractivity contribution in [2.75, 3.05) is 23.7 Å². The first-order valence-corrected chi connectivity index (χ1v) is 9.63. The molecule has 0 amide bonds. The molecule has 0 bridgehead atoms. The van der Waals surface area contributed by atoms with Crippen LogP contribution in [-0.2, 0) is 5.72 Å². The van der Waals surface area contributed by atoms with Crippen molar-refractivity contribution in [3.63, 3.8) is 0 Å². The van der Waals surface area contributed by atoms with Gasteiger partial charge in [0, 0.05) is 28.5 Å². The molecule has 2 heterocycles. The summed E-state index contributed by atoms with van der Waals surface area (Å²) in [5.41, 5.74) is 0.134. The van der Waals surface area contributed by atoms with Crippen molar-refractivity contribution in [1.82, 2.24) is 0 Å². The van der Waals surface area contributed by atoms with Gasteiger partial charge < -0.3 is 5.11 Å². The SMILES string of the molecule is O=[N+]([O-])c1cccc([C@]2(O)CN(c3ccc(Cl)cc3)C3=[N+]2CCCS3)c1. The first-order chi connectivity index (χ1) is 12.5. The first-order valence-electron chi connectivity index (χ1n) is 8.27. The van der Waals surface area contributed by atoms with Gasteiger partial charge in [-0.2, -0.15) is 0 Å². The molecule has 26 heavy (non-hydrogen) atoms. The van der Waals surface area contributed by atoms with E-state index in [1.54, 1.807) is 23.9 Å². The lowest BCUT2D eigenvalue weighted by atomic mass is 10.0. The zero-order valence-corrected chi connectivity index (χ0v) is 15.4. The Morgan fingerprint density at radius 2 is 2.04 bits per heavy atom. The number of amidine groups is 1. The molecule has 0 saturated heterocycles. The number of anilines is 1. The summed E-state index contributed by atoms with van der Waals surface area (Å²) in [5, 5.41) is 24.3. The fraction of sp³-hybridized carbons (Fsp3) is 0.278. The molecule has 0 aromatic heterocycles. The monoisotopic (exact) mass is 390 g/mol. The lowest BCUT2D eigenvalue weighted by Gasteiger charge is -2.24. The van der Waals surface area contributed by atoms with Crippen LogP contribution < -0.4 is 4.90 Å². The van der Waals surface area contributed by atoms with Crippen LogP contribution in [0.5, 0.6) is 0 Å². The van der Waals surface area contributed by atoms with Gasteiger partial charge in [0.1, 0.15) is 5.69 Å². The third-order valence-corrected chi connectivity index (χ3v) is 6.15. The van der Waals surface area contributed by atoms with E-state index in [1.165, 1.54) is 12.1 Å². The number of thioether (sulfide) groups is 1. The zero-order chi connectivity index (χ0) is 18.3. The number of hydrogen-bond acceptors (Lipinski definition) is 5. The fourth-order valence-corrected chi connectivity index (χ4v) is 4.74. The number of nitro groups is 1.